The van der Waals surface area contributed by atoms with E-state index in [0.717, 1.165) is 62.6 Å². The molecule has 5 aliphatic rings. The van der Waals surface area contributed by atoms with Crippen LogP contribution in [-0.2, 0) is 21.1 Å². The number of benzene rings is 1. The third-order valence-corrected chi connectivity index (χ3v) is 11.5. The SMILES string of the molecule is N#CC[C@@H](C1CC1)N1NC(Nc2ccc3c(c2)CC2(CCCCC2)S3(=O)=O)C2C(=O)NCCC21. The zero-order valence-corrected chi connectivity index (χ0v) is 20.2. The Morgan fingerprint density at radius 3 is 2.74 bits per heavy atom. The second-order valence-electron chi connectivity index (χ2n) is 10.8. The number of nitrogens with one attached hydrogen (secondary N) is 3. The number of carbonyl (C=O) groups excluding carboxylic acids is 1. The van der Waals surface area contributed by atoms with Gasteiger partial charge in [-0.3, -0.25) is 4.79 Å². The summed E-state index contributed by atoms with van der Waals surface area (Å²) in [6.07, 6.45) is 8.41. The fourth-order valence-corrected chi connectivity index (χ4v) is 9.30. The van der Waals surface area contributed by atoms with Crippen molar-refractivity contribution in [2.24, 2.45) is 11.8 Å². The molecule has 4 fully saturated rings. The summed E-state index contributed by atoms with van der Waals surface area (Å²) < 4.78 is 26.1. The fourth-order valence-electron chi connectivity index (χ4n) is 6.93. The molecule has 2 saturated heterocycles. The van der Waals surface area contributed by atoms with Crippen LogP contribution in [0.3, 0.4) is 0 Å². The number of anilines is 1. The number of rotatable bonds is 5. The minimum atomic E-state index is -3.32. The van der Waals surface area contributed by atoms with Gasteiger partial charge in [-0.05, 0) is 68.2 Å². The van der Waals surface area contributed by atoms with Crippen molar-refractivity contribution in [3.05, 3.63) is 23.8 Å². The van der Waals surface area contributed by atoms with Crippen molar-refractivity contribution < 1.29 is 13.2 Å². The van der Waals surface area contributed by atoms with Crippen LogP contribution in [0, 0.1) is 23.2 Å². The van der Waals surface area contributed by atoms with Crippen molar-refractivity contribution >= 4 is 21.4 Å². The summed E-state index contributed by atoms with van der Waals surface area (Å²) in [4.78, 5) is 13.4. The van der Waals surface area contributed by atoms with Gasteiger partial charge in [-0.1, -0.05) is 19.3 Å². The quantitative estimate of drug-likeness (QED) is 0.589. The average molecular weight is 484 g/mol. The van der Waals surface area contributed by atoms with E-state index in [-0.39, 0.29) is 30.1 Å². The number of hydrazine groups is 1. The van der Waals surface area contributed by atoms with Crippen molar-refractivity contribution in [2.75, 3.05) is 11.9 Å². The molecule has 0 radical (unpaired) electrons. The number of piperidine rings is 1. The molecule has 1 aromatic rings. The number of sulfone groups is 1. The van der Waals surface area contributed by atoms with E-state index in [1.54, 1.807) is 6.07 Å². The van der Waals surface area contributed by atoms with Crippen molar-refractivity contribution in [3.8, 4) is 6.07 Å². The molecule has 4 atom stereocenters. The maximum absolute atomic E-state index is 13.4. The third kappa shape index (κ3) is 3.45. The predicted molar refractivity (Wildman–Crippen MR) is 127 cm³/mol. The van der Waals surface area contributed by atoms with Gasteiger partial charge in [-0.2, -0.15) is 5.26 Å². The number of amides is 1. The highest BCUT2D eigenvalue weighted by Crippen LogP contribution is 2.48. The summed E-state index contributed by atoms with van der Waals surface area (Å²) in [5.41, 5.74) is 5.28. The molecule has 182 valence electrons. The summed E-state index contributed by atoms with van der Waals surface area (Å²) in [5, 5.41) is 18.1. The van der Waals surface area contributed by atoms with Crippen molar-refractivity contribution in [2.45, 2.75) is 92.1 Å². The molecule has 2 aliphatic carbocycles. The summed E-state index contributed by atoms with van der Waals surface area (Å²) in [5.74, 6) is 0.268. The van der Waals surface area contributed by atoms with E-state index in [9.17, 15) is 18.5 Å². The largest absolute Gasteiger partial charge is 0.368 e. The molecule has 0 bridgehead atoms. The Bertz CT molecular complexity index is 1140. The summed E-state index contributed by atoms with van der Waals surface area (Å²) in [6, 6.07) is 8.08. The maximum atomic E-state index is 13.4. The summed E-state index contributed by atoms with van der Waals surface area (Å²) >= 11 is 0. The number of nitrogens with zero attached hydrogens (tertiary/aromatic N) is 2. The van der Waals surface area contributed by atoms with Gasteiger partial charge in [0.05, 0.1) is 28.1 Å². The van der Waals surface area contributed by atoms with E-state index in [4.69, 9.17) is 0 Å². The molecule has 1 aromatic carbocycles. The molecule has 3 N–H and O–H groups in total. The normalized spacial score (nSPS) is 32.4. The first kappa shape index (κ1) is 22.3. The van der Waals surface area contributed by atoms with E-state index in [0.29, 0.717) is 30.2 Å². The minimum absolute atomic E-state index is 0.0279. The second-order valence-corrected chi connectivity index (χ2v) is 13.2. The lowest BCUT2D eigenvalue weighted by Gasteiger charge is -2.34. The first-order chi connectivity index (χ1) is 16.4. The van der Waals surface area contributed by atoms with E-state index in [2.05, 4.69) is 27.1 Å². The van der Waals surface area contributed by atoms with Crippen LogP contribution in [0.4, 0.5) is 5.69 Å². The first-order valence-corrected chi connectivity index (χ1v) is 14.3. The van der Waals surface area contributed by atoms with Crippen LogP contribution < -0.4 is 16.1 Å². The molecule has 6 rings (SSSR count). The average Bonchev–Trinajstić information content (AvgIpc) is 3.56. The molecule has 1 spiro atoms. The van der Waals surface area contributed by atoms with E-state index in [1.807, 2.05) is 12.1 Å². The monoisotopic (exact) mass is 483 g/mol. The molecule has 3 aliphatic heterocycles. The van der Waals surface area contributed by atoms with Crippen LogP contribution in [0.2, 0.25) is 0 Å². The van der Waals surface area contributed by atoms with Crippen LogP contribution in [0.1, 0.15) is 63.4 Å². The van der Waals surface area contributed by atoms with Gasteiger partial charge in [0.2, 0.25) is 5.91 Å². The maximum Gasteiger partial charge on any atom is 0.228 e. The van der Waals surface area contributed by atoms with E-state index < -0.39 is 14.6 Å². The van der Waals surface area contributed by atoms with Gasteiger partial charge in [-0.25, -0.2) is 18.9 Å². The van der Waals surface area contributed by atoms with E-state index >= 15 is 0 Å². The van der Waals surface area contributed by atoms with Crippen LogP contribution in [0.5, 0.6) is 0 Å². The molecule has 3 heterocycles. The number of hydrogen-bond donors (Lipinski definition) is 3. The Kier molecular flexibility index (Phi) is 5.39. The standard InChI is InChI=1S/C25H33N5O3S/c26-12-8-19(16-4-5-16)30-20-9-13-27-24(31)22(20)23(29-30)28-18-6-7-21-17(14-18)15-25(34(21,32)33)10-2-1-3-11-25/h6-7,14,16,19-20,22-23,28-29H,1-5,8-11,13,15H2,(H,27,31)/t19-,20?,22?,23?/m0/s1. The van der Waals surface area contributed by atoms with E-state index in [1.165, 1.54) is 0 Å². The molecule has 0 aromatic heterocycles. The van der Waals surface area contributed by atoms with Gasteiger partial charge < -0.3 is 10.6 Å². The highest BCUT2D eigenvalue weighted by molar-refractivity contribution is 7.93. The Balaban J connectivity index is 1.26. The first-order valence-electron chi connectivity index (χ1n) is 12.8. The molecule has 1 amide bonds. The Hall–Kier alpha value is -2.15. The Labute approximate surface area is 201 Å². The van der Waals surface area contributed by atoms with Crippen molar-refractivity contribution in [1.29, 1.82) is 5.26 Å². The minimum Gasteiger partial charge on any atom is -0.368 e. The zero-order chi connectivity index (χ0) is 23.5. The number of carbonyl (C=O) groups is 1. The zero-order valence-electron chi connectivity index (χ0n) is 19.4. The highest BCUT2D eigenvalue weighted by Gasteiger charge is 2.53. The van der Waals surface area contributed by atoms with Gasteiger partial charge in [0, 0.05) is 24.3 Å². The van der Waals surface area contributed by atoms with Gasteiger partial charge in [0.15, 0.2) is 9.84 Å². The van der Waals surface area contributed by atoms with Gasteiger partial charge in [0.1, 0.15) is 6.17 Å². The van der Waals surface area contributed by atoms with Gasteiger partial charge in [0.25, 0.3) is 0 Å². The Morgan fingerprint density at radius 1 is 1.21 bits per heavy atom. The molecular formula is C25H33N5O3S. The summed E-state index contributed by atoms with van der Waals surface area (Å²) in [6.45, 7) is 0.646. The van der Waals surface area contributed by atoms with Crippen molar-refractivity contribution in [1.82, 2.24) is 15.8 Å². The molecule has 2 saturated carbocycles. The number of nitriles is 1. The lowest BCUT2D eigenvalue weighted by atomic mass is 9.84. The van der Waals surface area contributed by atoms with Crippen molar-refractivity contribution in [3.63, 3.8) is 0 Å². The fraction of sp³-hybridized carbons (Fsp3) is 0.680. The molecule has 34 heavy (non-hydrogen) atoms. The molecular weight excluding hydrogens is 450 g/mol. The number of fused-ring (bicyclic) bond motifs is 2. The third-order valence-electron chi connectivity index (χ3n) is 8.80. The second kappa shape index (κ2) is 8.21. The van der Waals surface area contributed by atoms with Crippen LogP contribution in [-0.4, -0.2) is 48.9 Å². The van der Waals surface area contributed by atoms with Crippen LogP contribution >= 0.6 is 0 Å². The topological polar surface area (TPSA) is 114 Å². The summed E-state index contributed by atoms with van der Waals surface area (Å²) in [7, 11) is -3.32. The van der Waals surface area contributed by atoms with Crippen LogP contribution in [0.15, 0.2) is 23.1 Å². The molecule has 8 nitrogen and oxygen atoms in total. The smallest absolute Gasteiger partial charge is 0.228 e. The molecule has 9 heteroatoms. The molecule has 3 unspecified atom stereocenters. The van der Waals surface area contributed by atoms with Gasteiger partial charge in [-0.15, -0.1) is 0 Å². The Morgan fingerprint density at radius 2 is 2.00 bits per heavy atom. The lowest BCUT2D eigenvalue weighted by molar-refractivity contribution is -0.128. The predicted octanol–water partition coefficient (Wildman–Crippen LogP) is 2.47. The van der Waals surface area contributed by atoms with Crippen LogP contribution in [0.25, 0.3) is 0 Å². The van der Waals surface area contributed by atoms with Gasteiger partial charge >= 0.3 is 0 Å². The highest BCUT2D eigenvalue weighted by atomic mass is 32.2. The number of hydrogen-bond acceptors (Lipinski definition) is 7. The lowest BCUT2D eigenvalue weighted by Crippen LogP contribution is -2.52.